The van der Waals surface area contributed by atoms with Gasteiger partial charge in [-0.05, 0) is 48.5 Å². The fourth-order valence-electron chi connectivity index (χ4n) is 2.88. The number of halogens is 2. The van der Waals surface area contributed by atoms with E-state index >= 15 is 0 Å². The zero-order chi connectivity index (χ0) is 18.6. The average molecular weight is 368 g/mol. The molecule has 0 radical (unpaired) electrons. The summed E-state index contributed by atoms with van der Waals surface area (Å²) >= 11 is 0. The quantitative estimate of drug-likeness (QED) is 0.754. The number of hydrogen-bond acceptors (Lipinski definition) is 5. The fourth-order valence-corrected chi connectivity index (χ4v) is 2.88. The van der Waals surface area contributed by atoms with Crippen LogP contribution in [0.1, 0.15) is 0 Å². The minimum atomic E-state index is -0.310. The summed E-state index contributed by atoms with van der Waals surface area (Å²) in [6, 6.07) is 14.0. The molecule has 0 saturated carbocycles. The number of benzene rings is 2. The van der Waals surface area contributed by atoms with Crippen LogP contribution in [0.25, 0.3) is 11.3 Å². The van der Waals surface area contributed by atoms with Gasteiger partial charge in [-0.15, -0.1) is 0 Å². The first-order valence-electron chi connectivity index (χ1n) is 8.68. The molecule has 27 heavy (non-hydrogen) atoms. The highest BCUT2D eigenvalue weighted by Crippen LogP contribution is 2.26. The Hall–Kier alpha value is -3.06. The monoisotopic (exact) mass is 368 g/mol. The van der Waals surface area contributed by atoms with E-state index in [-0.39, 0.29) is 11.6 Å². The number of nitrogens with zero attached hydrogens (tertiary/aromatic N) is 3. The number of anilines is 3. The Balaban J connectivity index is 1.71. The number of rotatable bonds is 4. The molecule has 0 spiro atoms. The third kappa shape index (κ3) is 4.20. The van der Waals surface area contributed by atoms with Gasteiger partial charge in [0.05, 0.1) is 18.9 Å². The Morgan fingerprint density at radius 2 is 1.48 bits per heavy atom. The van der Waals surface area contributed by atoms with E-state index in [1.54, 1.807) is 24.3 Å². The van der Waals surface area contributed by atoms with Crippen molar-refractivity contribution in [3.05, 3.63) is 66.2 Å². The number of hydrogen-bond donors (Lipinski definition) is 1. The molecule has 0 unspecified atom stereocenters. The molecule has 2 heterocycles. The summed E-state index contributed by atoms with van der Waals surface area (Å²) in [6.07, 6.45) is 0. The van der Waals surface area contributed by atoms with Crippen molar-refractivity contribution in [3.8, 4) is 11.3 Å². The van der Waals surface area contributed by atoms with E-state index in [1.165, 1.54) is 24.3 Å². The predicted octanol–water partition coefficient (Wildman–Crippen LogP) is 4.00. The molecular formula is C20H18F2N4O. The molecule has 1 saturated heterocycles. The topological polar surface area (TPSA) is 50.3 Å². The van der Waals surface area contributed by atoms with Crippen LogP contribution in [-0.4, -0.2) is 36.3 Å². The van der Waals surface area contributed by atoms with Crippen molar-refractivity contribution in [1.29, 1.82) is 0 Å². The minimum Gasteiger partial charge on any atom is -0.378 e. The third-order valence-electron chi connectivity index (χ3n) is 4.29. The standard InChI is InChI=1S/C20H18F2N4O/c21-15-3-1-14(2-4-15)18-13-19(26-9-11-27-12-10-26)25-20(24-18)23-17-7-5-16(22)6-8-17/h1-8,13H,9-12H2,(H,23,24,25). The van der Waals surface area contributed by atoms with Crippen LogP contribution in [0, 0.1) is 11.6 Å². The lowest BCUT2D eigenvalue weighted by atomic mass is 10.1. The minimum absolute atomic E-state index is 0.300. The van der Waals surface area contributed by atoms with E-state index in [4.69, 9.17) is 4.74 Å². The van der Waals surface area contributed by atoms with Gasteiger partial charge in [-0.1, -0.05) is 0 Å². The van der Waals surface area contributed by atoms with Crippen molar-refractivity contribution in [2.45, 2.75) is 0 Å². The highest BCUT2D eigenvalue weighted by molar-refractivity contribution is 5.66. The molecule has 1 fully saturated rings. The highest BCUT2D eigenvalue weighted by atomic mass is 19.1. The lowest BCUT2D eigenvalue weighted by Crippen LogP contribution is -2.36. The maximum absolute atomic E-state index is 13.3. The molecule has 1 aromatic heterocycles. The van der Waals surface area contributed by atoms with Gasteiger partial charge in [0.15, 0.2) is 0 Å². The molecule has 138 valence electrons. The summed E-state index contributed by atoms with van der Waals surface area (Å²) in [5, 5.41) is 3.11. The van der Waals surface area contributed by atoms with Crippen LogP contribution >= 0.6 is 0 Å². The molecule has 3 aromatic rings. The molecule has 0 bridgehead atoms. The smallest absolute Gasteiger partial charge is 0.229 e. The molecule has 1 N–H and O–H groups in total. The van der Waals surface area contributed by atoms with E-state index in [0.29, 0.717) is 30.5 Å². The lowest BCUT2D eigenvalue weighted by Gasteiger charge is -2.28. The van der Waals surface area contributed by atoms with Gasteiger partial charge in [0.25, 0.3) is 0 Å². The average Bonchev–Trinajstić information content (AvgIpc) is 2.71. The van der Waals surface area contributed by atoms with Crippen molar-refractivity contribution >= 4 is 17.5 Å². The first kappa shape index (κ1) is 17.4. The largest absolute Gasteiger partial charge is 0.378 e. The molecule has 2 aromatic carbocycles. The highest BCUT2D eigenvalue weighted by Gasteiger charge is 2.16. The fraction of sp³-hybridized carbons (Fsp3) is 0.200. The van der Waals surface area contributed by atoms with Crippen LogP contribution in [0.5, 0.6) is 0 Å². The zero-order valence-corrected chi connectivity index (χ0v) is 14.5. The second-order valence-corrected chi connectivity index (χ2v) is 6.17. The van der Waals surface area contributed by atoms with Crippen molar-refractivity contribution in [1.82, 2.24) is 9.97 Å². The van der Waals surface area contributed by atoms with Crippen LogP contribution in [-0.2, 0) is 4.74 Å². The van der Waals surface area contributed by atoms with Crippen molar-refractivity contribution < 1.29 is 13.5 Å². The van der Waals surface area contributed by atoms with Gasteiger partial charge in [-0.2, -0.15) is 4.98 Å². The summed E-state index contributed by atoms with van der Waals surface area (Å²) < 4.78 is 31.8. The second-order valence-electron chi connectivity index (χ2n) is 6.17. The summed E-state index contributed by atoms with van der Waals surface area (Å²) in [5.74, 6) is 0.545. The summed E-state index contributed by atoms with van der Waals surface area (Å²) in [7, 11) is 0. The Labute approximate surface area is 155 Å². The Morgan fingerprint density at radius 1 is 0.852 bits per heavy atom. The van der Waals surface area contributed by atoms with Crippen LogP contribution < -0.4 is 10.2 Å². The van der Waals surface area contributed by atoms with E-state index in [1.807, 2.05) is 6.07 Å². The van der Waals surface area contributed by atoms with Gasteiger partial charge in [-0.3, -0.25) is 0 Å². The Morgan fingerprint density at radius 3 is 2.15 bits per heavy atom. The molecule has 0 atom stereocenters. The molecule has 5 nitrogen and oxygen atoms in total. The lowest BCUT2D eigenvalue weighted by molar-refractivity contribution is 0.122. The Kier molecular flexibility index (Phi) is 4.93. The SMILES string of the molecule is Fc1ccc(Nc2nc(-c3ccc(F)cc3)cc(N3CCOCC3)n2)cc1. The van der Waals surface area contributed by atoms with Gasteiger partial charge in [-0.25, -0.2) is 13.8 Å². The molecule has 4 rings (SSSR count). The van der Waals surface area contributed by atoms with Crippen LogP contribution in [0.15, 0.2) is 54.6 Å². The maximum atomic E-state index is 13.3. The second kappa shape index (κ2) is 7.67. The summed E-state index contributed by atoms with van der Waals surface area (Å²) in [4.78, 5) is 11.3. The predicted molar refractivity (Wildman–Crippen MR) is 100 cm³/mol. The van der Waals surface area contributed by atoms with E-state index in [2.05, 4.69) is 20.2 Å². The van der Waals surface area contributed by atoms with Crippen LogP contribution in [0.2, 0.25) is 0 Å². The number of ether oxygens (including phenoxy) is 1. The van der Waals surface area contributed by atoms with E-state index < -0.39 is 0 Å². The molecule has 7 heteroatoms. The van der Waals surface area contributed by atoms with E-state index in [9.17, 15) is 8.78 Å². The summed E-state index contributed by atoms with van der Waals surface area (Å²) in [6.45, 7) is 2.74. The number of morpholine rings is 1. The zero-order valence-electron chi connectivity index (χ0n) is 14.5. The van der Waals surface area contributed by atoms with Gasteiger partial charge < -0.3 is 15.0 Å². The van der Waals surface area contributed by atoms with Crippen molar-refractivity contribution in [3.63, 3.8) is 0 Å². The first-order valence-corrected chi connectivity index (χ1v) is 8.68. The first-order chi connectivity index (χ1) is 13.2. The van der Waals surface area contributed by atoms with Crippen molar-refractivity contribution in [2.24, 2.45) is 0 Å². The molecular weight excluding hydrogens is 350 g/mol. The van der Waals surface area contributed by atoms with Crippen LogP contribution in [0.3, 0.4) is 0 Å². The van der Waals surface area contributed by atoms with Gasteiger partial charge in [0.1, 0.15) is 17.5 Å². The normalized spacial score (nSPS) is 14.2. The molecule has 1 aliphatic rings. The molecule has 0 aliphatic carbocycles. The third-order valence-corrected chi connectivity index (χ3v) is 4.29. The number of aromatic nitrogens is 2. The summed E-state index contributed by atoms with van der Waals surface area (Å²) in [5.41, 5.74) is 2.15. The molecule has 1 aliphatic heterocycles. The Bertz CT molecular complexity index is 910. The van der Waals surface area contributed by atoms with Crippen LogP contribution in [0.4, 0.5) is 26.2 Å². The van der Waals surface area contributed by atoms with Gasteiger partial charge in [0, 0.05) is 30.4 Å². The molecule has 0 amide bonds. The van der Waals surface area contributed by atoms with Gasteiger partial charge in [0.2, 0.25) is 5.95 Å². The van der Waals surface area contributed by atoms with Gasteiger partial charge >= 0.3 is 0 Å². The van der Waals surface area contributed by atoms with E-state index in [0.717, 1.165) is 24.5 Å². The van der Waals surface area contributed by atoms with Crippen molar-refractivity contribution in [2.75, 3.05) is 36.5 Å². The number of nitrogens with one attached hydrogen (secondary N) is 1. The maximum Gasteiger partial charge on any atom is 0.229 e.